The summed E-state index contributed by atoms with van der Waals surface area (Å²) in [6.07, 6.45) is 3.04. The van der Waals surface area contributed by atoms with Gasteiger partial charge in [0.1, 0.15) is 0 Å². The molecule has 0 atom stereocenters. The Labute approximate surface area is 160 Å². The molecule has 148 valence electrons. The number of hydrogen-bond acceptors (Lipinski definition) is 4. The van der Waals surface area contributed by atoms with E-state index in [1.54, 1.807) is 19.2 Å². The molecule has 7 nitrogen and oxygen atoms in total. The Morgan fingerprint density at radius 1 is 1.26 bits per heavy atom. The van der Waals surface area contributed by atoms with Crippen molar-refractivity contribution in [2.24, 2.45) is 5.92 Å². The Morgan fingerprint density at radius 2 is 2.00 bits per heavy atom. The highest BCUT2D eigenvalue weighted by Gasteiger charge is 2.32. The van der Waals surface area contributed by atoms with Crippen molar-refractivity contribution in [2.45, 2.75) is 31.2 Å². The van der Waals surface area contributed by atoms with Crippen LogP contribution < -0.4 is 5.32 Å². The van der Waals surface area contributed by atoms with Gasteiger partial charge in [0, 0.05) is 56.3 Å². The maximum Gasteiger partial charge on any atom is 0.243 e. The van der Waals surface area contributed by atoms with Gasteiger partial charge in [-0.15, -0.1) is 0 Å². The van der Waals surface area contributed by atoms with Crippen LogP contribution >= 0.6 is 0 Å². The molecule has 2 aromatic rings. The quantitative estimate of drug-likeness (QED) is 0.728. The molecule has 1 amide bonds. The first-order valence-corrected chi connectivity index (χ1v) is 10.8. The van der Waals surface area contributed by atoms with Gasteiger partial charge in [-0.2, -0.15) is 4.31 Å². The van der Waals surface area contributed by atoms with E-state index >= 15 is 0 Å². The van der Waals surface area contributed by atoms with Gasteiger partial charge in [0.25, 0.3) is 0 Å². The molecule has 0 saturated carbocycles. The molecule has 1 saturated heterocycles. The summed E-state index contributed by atoms with van der Waals surface area (Å²) < 4.78 is 34.5. The van der Waals surface area contributed by atoms with Crippen LogP contribution in [0.5, 0.6) is 0 Å². The van der Waals surface area contributed by atoms with Crippen molar-refractivity contribution in [3.05, 3.63) is 30.5 Å². The lowest BCUT2D eigenvalue weighted by Gasteiger charge is -2.30. The summed E-state index contributed by atoms with van der Waals surface area (Å²) in [4.78, 5) is 12.5. The molecule has 1 fully saturated rings. The number of piperidine rings is 1. The summed E-state index contributed by atoms with van der Waals surface area (Å²) in [6.45, 7) is 4.57. The molecule has 3 rings (SSSR count). The zero-order valence-corrected chi connectivity index (χ0v) is 16.7. The normalized spacial score (nSPS) is 16.7. The molecule has 0 spiro atoms. The average Bonchev–Trinajstić information content (AvgIpc) is 3.10. The van der Waals surface area contributed by atoms with Crippen molar-refractivity contribution in [3.8, 4) is 0 Å². The van der Waals surface area contributed by atoms with Crippen LogP contribution in [-0.2, 0) is 26.1 Å². The number of carbonyl (C=O) groups excluding carboxylic acids is 1. The predicted octanol–water partition coefficient (Wildman–Crippen LogP) is 1.82. The number of amides is 1. The van der Waals surface area contributed by atoms with Crippen molar-refractivity contribution in [1.82, 2.24) is 14.2 Å². The van der Waals surface area contributed by atoms with Crippen LogP contribution in [0.1, 0.15) is 19.8 Å². The maximum absolute atomic E-state index is 13.0. The number of nitrogens with zero attached hydrogens (tertiary/aromatic N) is 2. The summed E-state index contributed by atoms with van der Waals surface area (Å²) in [5.41, 5.74) is 1.03. The van der Waals surface area contributed by atoms with Crippen LogP contribution in [0.3, 0.4) is 0 Å². The second kappa shape index (κ2) is 8.41. The molecule has 8 heteroatoms. The van der Waals surface area contributed by atoms with Gasteiger partial charge in [0.05, 0.1) is 11.5 Å². The van der Waals surface area contributed by atoms with Gasteiger partial charge in [-0.25, -0.2) is 8.42 Å². The number of aryl methyl sites for hydroxylation is 1. The van der Waals surface area contributed by atoms with Crippen LogP contribution in [-0.4, -0.2) is 56.5 Å². The summed E-state index contributed by atoms with van der Waals surface area (Å²) >= 11 is 0. The monoisotopic (exact) mass is 393 g/mol. The summed E-state index contributed by atoms with van der Waals surface area (Å²) in [5.74, 6) is -0.166. The number of carbonyl (C=O) groups is 1. The number of sulfonamides is 1. The van der Waals surface area contributed by atoms with E-state index in [-0.39, 0.29) is 11.8 Å². The summed E-state index contributed by atoms with van der Waals surface area (Å²) in [6, 6.07) is 7.21. The molecule has 0 unspecified atom stereocenters. The fourth-order valence-corrected chi connectivity index (χ4v) is 5.05. The Kier molecular flexibility index (Phi) is 6.18. The smallest absolute Gasteiger partial charge is 0.243 e. The largest absolute Gasteiger partial charge is 0.383 e. The van der Waals surface area contributed by atoms with Gasteiger partial charge in [0.2, 0.25) is 15.9 Å². The van der Waals surface area contributed by atoms with E-state index in [2.05, 4.69) is 16.8 Å². The summed E-state index contributed by atoms with van der Waals surface area (Å²) in [5, 5.41) is 3.75. The van der Waals surface area contributed by atoms with Crippen LogP contribution in [0.4, 0.5) is 0 Å². The lowest BCUT2D eigenvalue weighted by atomic mass is 9.97. The molecule has 0 bridgehead atoms. The number of hydrogen-bond donors (Lipinski definition) is 1. The molecule has 1 aliphatic rings. The van der Waals surface area contributed by atoms with Gasteiger partial charge in [-0.3, -0.25) is 4.79 Å². The first-order chi connectivity index (χ1) is 13.0. The summed E-state index contributed by atoms with van der Waals surface area (Å²) in [7, 11) is -1.96. The van der Waals surface area contributed by atoms with Crippen LogP contribution in [0.2, 0.25) is 0 Å². The third-order valence-corrected chi connectivity index (χ3v) is 7.05. The Hall–Kier alpha value is -1.90. The van der Waals surface area contributed by atoms with Gasteiger partial charge in [0.15, 0.2) is 0 Å². The maximum atomic E-state index is 13.0. The fourth-order valence-electron chi connectivity index (χ4n) is 3.54. The number of nitrogens with one attached hydrogen (secondary N) is 1. The minimum Gasteiger partial charge on any atom is -0.383 e. The number of benzene rings is 1. The highest BCUT2D eigenvalue weighted by molar-refractivity contribution is 7.89. The van der Waals surface area contributed by atoms with E-state index in [0.717, 1.165) is 17.4 Å². The van der Waals surface area contributed by atoms with E-state index in [4.69, 9.17) is 4.74 Å². The van der Waals surface area contributed by atoms with Crippen LogP contribution in [0.25, 0.3) is 10.9 Å². The molecule has 2 heterocycles. The van der Waals surface area contributed by atoms with E-state index in [1.165, 1.54) is 4.31 Å². The first-order valence-electron chi connectivity index (χ1n) is 9.33. The number of ether oxygens (including phenoxy) is 1. The molecular formula is C19H27N3O4S. The third kappa shape index (κ3) is 4.17. The lowest BCUT2D eigenvalue weighted by Crippen LogP contribution is -2.43. The molecular weight excluding hydrogens is 366 g/mol. The second-order valence-electron chi connectivity index (χ2n) is 6.78. The minimum atomic E-state index is -3.55. The first kappa shape index (κ1) is 19.9. The highest BCUT2D eigenvalue weighted by Crippen LogP contribution is 2.26. The fraction of sp³-hybridized carbons (Fsp3) is 0.526. The second-order valence-corrected chi connectivity index (χ2v) is 8.72. The number of methoxy groups -OCH3 is 1. The van der Waals surface area contributed by atoms with Crippen LogP contribution in [0.15, 0.2) is 35.4 Å². The van der Waals surface area contributed by atoms with Gasteiger partial charge >= 0.3 is 0 Å². The third-order valence-electron chi connectivity index (χ3n) is 5.15. The SMILES string of the molecule is CCn1ccc2cc(S(=O)(=O)N3CCC(C(=O)NCCOC)CC3)ccc21. The predicted molar refractivity (Wildman–Crippen MR) is 104 cm³/mol. The van der Waals surface area contributed by atoms with Crippen molar-refractivity contribution in [1.29, 1.82) is 0 Å². The minimum absolute atomic E-state index is 0.0218. The van der Waals surface area contributed by atoms with Gasteiger partial charge < -0.3 is 14.6 Å². The Morgan fingerprint density at radius 3 is 2.67 bits per heavy atom. The average molecular weight is 394 g/mol. The van der Waals surface area contributed by atoms with Gasteiger partial charge in [-0.1, -0.05) is 0 Å². The van der Waals surface area contributed by atoms with E-state index in [9.17, 15) is 13.2 Å². The Balaban J connectivity index is 1.67. The van der Waals surface area contributed by atoms with E-state index < -0.39 is 10.0 Å². The zero-order chi connectivity index (χ0) is 19.4. The van der Waals surface area contributed by atoms with Crippen molar-refractivity contribution in [3.63, 3.8) is 0 Å². The molecule has 27 heavy (non-hydrogen) atoms. The highest BCUT2D eigenvalue weighted by atomic mass is 32.2. The molecule has 1 aromatic heterocycles. The number of rotatable bonds is 7. The van der Waals surface area contributed by atoms with E-state index in [1.807, 2.05) is 18.3 Å². The molecule has 0 radical (unpaired) electrons. The molecule has 0 aliphatic carbocycles. The zero-order valence-electron chi connectivity index (χ0n) is 15.8. The van der Waals surface area contributed by atoms with Crippen LogP contribution in [0, 0.1) is 5.92 Å². The van der Waals surface area contributed by atoms with E-state index in [0.29, 0.717) is 44.0 Å². The molecule has 1 N–H and O–H groups in total. The number of fused-ring (bicyclic) bond motifs is 1. The Bertz CT molecular complexity index is 899. The van der Waals surface area contributed by atoms with Crippen molar-refractivity contribution < 1.29 is 17.9 Å². The lowest BCUT2D eigenvalue weighted by molar-refractivity contribution is -0.126. The standard InChI is InChI=1S/C19H27N3O4S/c1-3-21-10-6-16-14-17(4-5-18(16)21)27(24,25)22-11-7-15(8-12-22)19(23)20-9-13-26-2/h4-6,10,14-15H,3,7-9,11-13H2,1-2H3,(H,20,23). The molecule has 1 aromatic carbocycles. The van der Waals surface area contributed by atoms with Gasteiger partial charge in [-0.05, 0) is 44.0 Å². The van der Waals surface area contributed by atoms with Crippen molar-refractivity contribution >= 4 is 26.8 Å². The topological polar surface area (TPSA) is 80.6 Å². The molecule has 1 aliphatic heterocycles. The number of aromatic nitrogens is 1. The van der Waals surface area contributed by atoms with Crippen molar-refractivity contribution in [2.75, 3.05) is 33.4 Å².